The number of benzene rings is 1. The molecule has 102 valence electrons. The summed E-state index contributed by atoms with van der Waals surface area (Å²) in [4.78, 5) is 7.39. The molecule has 0 amide bonds. The number of nitrogens with one attached hydrogen (secondary N) is 2. The molecule has 0 aliphatic rings. The Morgan fingerprint density at radius 1 is 1.37 bits per heavy atom. The SMILES string of the molecule is CCNC(CSc1ncc[nH]1)c1ccc(C)cc1C. The van der Waals surface area contributed by atoms with E-state index in [0.29, 0.717) is 6.04 Å². The van der Waals surface area contributed by atoms with E-state index >= 15 is 0 Å². The summed E-state index contributed by atoms with van der Waals surface area (Å²) in [7, 11) is 0. The van der Waals surface area contributed by atoms with Crippen molar-refractivity contribution in [2.75, 3.05) is 12.3 Å². The smallest absolute Gasteiger partial charge is 0.165 e. The van der Waals surface area contributed by atoms with E-state index in [0.717, 1.165) is 17.5 Å². The van der Waals surface area contributed by atoms with E-state index in [9.17, 15) is 0 Å². The van der Waals surface area contributed by atoms with Gasteiger partial charge in [0.1, 0.15) is 0 Å². The Morgan fingerprint density at radius 3 is 2.84 bits per heavy atom. The van der Waals surface area contributed by atoms with Crippen LogP contribution in [0, 0.1) is 13.8 Å². The molecule has 0 fully saturated rings. The number of imidazole rings is 1. The van der Waals surface area contributed by atoms with E-state index in [-0.39, 0.29) is 0 Å². The van der Waals surface area contributed by atoms with Crippen molar-refractivity contribution in [3.8, 4) is 0 Å². The molecule has 2 aromatic rings. The maximum absolute atomic E-state index is 4.26. The van der Waals surface area contributed by atoms with Gasteiger partial charge in [0, 0.05) is 24.2 Å². The van der Waals surface area contributed by atoms with Crippen LogP contribution in [0.4, 0.5) is 0 Å². The molecule has 0 bridgehead atoms. The van der Waals surface area contributed by atoms with E-state index in [4.69, 9.17) is 0 Å². The molecule has 1 unspecified atom stereocenters. The van der Waals surface area contributed by atoms with Crippen LogP contribution in [0.25, 0.3) is 0 Å². The highest BCUT2D eigenvalue weighted by molar-refractivity contribution is 7.99. The topological polar surface area (TPSA) is 40.7 Å². The Kier molecular flexibility index (Phi) is 5.05. The normalized spacial score (nSPS) is 12.6. The third-order valence-corrected chi connectivity index (χ3v) is 4.11. The average Bonchev–Trinajstić information content (AvgIpc) is 2.88. The summed E-state index contributed by atoms with van der Waals surface area (Å²) in [5, 5.41) is 4.54. The van der Waals surface area contributed by atoms with Crippen LogP contribution in [-0.2, 0) is 0 Å². The van der Waals surface area contributed by atoms with Gasteiger partial charge in [-0.2, -0.15) is 0 Å². The van der Waals surface area contributed by atoms with Gasteiger partial charge in [-0.05, 0) is 31.5 Å². The fourth-order valence-electron chi connectivity index (χ4n) is 2.21. The van der Waals surface area contributed by atoms with Crippen molar-refractivity contribution in [2.45, 2.75) is 32.0 Å². The summed E-state index contributed by atoms with van der Waals surface area (Å²) < 4.78 is 0. The summed E-state index contributed by atoms with van der Waals surface area (Å²) in [6.07, 6.45) is 3.66. The summed E-state index contributed by atoms with van der Waals surface area (Å²) >= 11 is 1.75. The molecule has 4 heteroatoms. The number of H-pyrrole nitrogens is 1. The van der Waals surface area contributed by atoms with Crippen molar-refractivity contribution in [1.29, 1.82) is 0 Å². The molecule has 0 aliphatic carbocycles. The summed E-state index contributed by atoms with van der Waals surface area (Å²) in [5.74, 6) is 0.977. The van der Waals surface area contributed by atoms with Crippen LogP contribution in [0.1, 0.15) is 29.7 Å². The number of rotatable bonds is 6. The molecule has 0 saturated carbocycles. The van der Waals surface area contributed by atoms with Gasteiger partial charge in [0.2, 0.25) is 0 Å². The minimum absolute atomic E-state index is 0.362. The number of aryl methyl sites for hydroxylation is 2. The molecule has 2 rings (SSSR count). The van der Waals surface area contributed by atoms with Crippen molar-refractivity contribution >= 4 is 11.8 Å². The highest BCUT2D eigenvalue weighted by Crippen LogP contribution is 2.25. The summed E-state index contributed by atoms with van der Waals surface area (Å²) in [6, 6.07) is 7.03. The molecule has 2 N–H and O–H groups in total. The lowest BCUT2D eigenvalue weighted by Crippen LogP contribution is -2.23. The molecule has 0 saturated heterocycles. The first kappa shape index (κ1) is 14.2. The number of nitrogens with zero attached hydrogens (tertiary/aromatic N) is 1. The lowest BCUT2D eigenvalue weighted by molar-refractivity contribution is 0.602. The second-order valence-electron chi connectivity index (χ2n) is 4.68. The minimum Gasteiger partial charge on any atom is -0.340 e. The largest absolute Gasteiger partial charge is 0.340 e. The van der Waals surface area contributed by atoms with Gasteiger partial charge >= 0.3 is 0 Å². The van der Waals surface area contributed by atoms with Gasteiger partial charge in [0.25, 0.3) is 0 Å². The predicted molar refractivity (Wildman–Crippen MR) is 81.6 cm³/mol. The molecule has 1 aromatic carbocycles. The first-order valence-electron chi connectivity index (χ1n) is 6.63. The van der Waals surface area contributed by atoms with Crippen LogP contribution >= 0.6 is 11.8 Å². The Hall–Kier alpha value is -1.26. The fraction of sp³-hybridized carbons (Fsp3) is 0.400. The van der Waals surface area contributed by atoms with E-state index in [2.05, 4.69) is 54.3 Å². The van der Waals surface area contributed by atoms with Crippen LogP contribution in [-0.4, -0.2) is 22.3 Å². The van der Waals surface area contributed by atoms with E-state index in [1.165, 1.54) is 16.7 Å². The third-order valence-electron chi connectivity index (χ3n) is 3.11. The van der Waals surface area contributed by atoms with E-state index < -0.39 is 0 Å². The van der Waals surface area contributed by atoms with Crippen molar-refractivity contribution in [3.63, 3.8) is 0 Å². The number of hydrogen-bond donors (Lipinski definition) is 2. The van der Waals surface area contributed by atoms with Crippen molar-refractivity contribution in [1.82, 2.24) is 15.3 Å². The van der Waals surface area contributed by atoms with E-state index in [1.807, 2.05) is 6.20 Å². The van der Waals surface area contributed by atoms with Gasteiger partial charge in [-0.15, -0.1) is 0 Å². The molecule has 3 nitrogen and oxygen atoms in total. The zero-order valence-electron chi connectivity index (χ0n) is 11.7. The fourth-order valence-corrected chi connectivity index (χ4v) is 3.12. The maximum Gasteiger partial charge on any atom is 0.165 e. The van der Waals surface area contributed by atoms with Crippen LogP contribution in [0.2, 0.25) is 0 Å². The molecule has 1 heterocycles. The molecule has 1 aromatic heterocycles. The van der Waals surface area contributed by atoms with Crippen molar-refractivity contribution in [3.05, 3.63) is 47.3 Å². The molecule has 0 radical (unpaired) electrons. The van der Waals surface area contributed by atoms with Gasteiger partial charge in [-0.25, -0.2) is 4.98 Å². The molecular weight excluding hydrogens is 254 g/mol. The highest BCUT2D eigenvalue weighted by Gasteiger charge is 2.13. The van der Waals surface area contributed by atoms with Crippen LogP contribution in [0.15, 0.2) is 35.7 Å². The van der Waals surface area contributed by atoms with Crippen molar-refractivity contribution in [2.24, 2.45) is 0 Å². The summed E-state index contributed by atoms with van der Waals surface area (Å²) in [5.41, 5.74) is 4.05. The minimum atomic E-state index is 0.362. The Bertz CT molecular complexity index is 508. The third kappa shape index (κ3) is 3.85. The highest BCUT2D eigenvalue weighted by atomic mass is 32.2. The van der Waals surface area contributed by atoms with Crippen LogP contribution in [0.3, 0.4) is 0 Å². The average molecular weight is 275 g/mol. The lowest BCUT2D eigenvalue weighted by Gasteiger charge is -2.20. The molecular formula is C15H21N3S. The second-order valence-corrected chi connectivity index (χ2v) is 5.68. The Balaban J connectivity index is 2.10. The van der Waals surface area contributed by atoms with Gasteiger partial charge in [-0.1, -0.05) is 42.4 Å². The number of hydrogen-bond acceptors (Lipinski definition) is 3. The van der Waals surface area contributed by atoms with Gasteiger partial charge in [0.05, 0.1) is 0 Å². The first-order chi connectivity index (χ1) is 9.20. The molecule has 0 aliphatic heterocycles. The first-order valence-corrected chi connectivity index (χ1v) is 7.62. The zero-order valence-corrected chi connectivity index (χ0v) is 12.6. The zero-order chi connectivity index (χ0) is 13.7. The van der Waals surface area contributed by atoms with E-state index in [1.54, 1.807) is 18.0 Å². The molecule has 0 spiro atoms. The quantitative estimate of drug-likeness (QED) is 0.793. The number of aromatic amines is 1. The van der Waals surface area contributed by atoms with Gasteiger partial charge in [0.15, 0.2) is 5.16 Å². The standard InChI is InChI=1S/C15H21N3S/c1-4-16-14(10-19-15-17-7-8-18-15)13-6-5-11(2)9-12(13)3/h5-9,14,16H,4,10H2,1-3H3,(H,17,18). The predicted octanol–water partition coefficient (Wildman–Crippen LogP) is 3.47. The Labute approximate surface area is 119 Å². The number of thioether (sulfide) groups is 1. The molecule has 19 heavy (non-hydrogen) atoms. The van der Waals surface area contributed by atoms with Crippen molar-refractivity contribution < 1.29 is 0 Å². The number of aromatic nitrogens is 2. The lowest BCUT2D eigenvalue weighted by atomic mass is 10.0. The summed E-state index contributed by atoms with van der Waals surface area (Å²) in [6.45, 7) is 7.44. The van der Waals surface area contributed by atoms with Crippen LogP contribution < -0.4 is 5.32 Å². The van der Waals surface area contributed by atoms with Gasteiger partial charge < -0.3 is 10.3 Å². The molecule has 1 atom stereocenters. The monoisotopic (exact) mass is 275 g/mol. The van der Waals surface area contributed by atoms with Gasteiger partial charge in [-0.3, -0.25) is 0 Å². The maximum atomic E-state index is 4.26. The second kappa shape index (κ2) is 6.78. The van der Waals surface area contributed by atoms with Crippen LogP contribution in [0.5, 0.6) is 0 Å². The Morgan fingerprint density at radius 2 is 2.21 bits per heavy atom.